The van der Waals surface area contributed by atoms with E-state index in [9.17, 15) is 9.90 Å². The maximum atomic E-state index is 11.3. The van der Waals surface area contributed by atoms with Crippen LogP contribution >= 0.6 is 0 Å². The topological polar surface area (TPSA) is 70.4 Å². The van der Waals surface area contributed by atoms with E-state index in [0.717, 1.165) is 37.4 Å². The molecule has 1 aliphatic heterocycles. The fourth-order valence-electron chi connectivity index (χ4n) is 2.48. The van der Waals surface area contributed by atoms with Crippen molar-refractivity contribution in [2.24, 2.45) is 0 Å². The number of hydrogen-bond acceptors (Lipinski definition) is 4. The molecule has 0 saturated carbocycles. The van der Waals surface area contributed by atoms with Crippen LogP contribution in [0.25, 0.3) is 0 Å². The molecule has 0 bridgehead atoms. The van der Waals surface area contributed by atoms with Gasteiger partial charge in [0.25, 0.3) is 0 Å². The van der Waals surface area contributed by atoms with E-state index in [0.29, 0.717) is 13.1 Å². The van der Waals surface area contributed by atoms with Gasteiger partial charge in [0.1, 0.15) is 6.04 Å². The minimum absolute atomic E-state index is 0.445. The van der Waals surface area contributed by atoms with E-state index < -0.39 is 12.0 Å². The molecular formula is C13H22N4O2. The molecule has 1 saturated heterocycles. The summed E-state index contributed by atoms with van der Waals surface area (Å²) in [6.45, 7) is 7.71. The van der Waals surface area contributed by atoms with Crippen molar-refractivity contribution < 1.29 is 9.90 Å². The Labute approximate surface area is 113 Å². The number of aryl methyl sites for hydroxylation is 2. The highest BCUT2D eigenvalue weighted by molar-refractivity contribution is 5.73. The van der Waals surface area contributed by atoms with Gasteiger partial charge in [-0.1, -0.05) is 6.92 Å². The minimum atomic E-state index is -0.759. The average Bonchev–Trinajstić information content (AvgIpc) is 2.81. The van der Waals surface area contributed by atoms with E-state index in [1.165, 1.54) is 0 Å². The molecule has 0 aromatic carbocycles. The van der Waals surface area contributed by atoms with E-state index in [2.05, 4.69) is 30.3 Å². The Kier molecular flexibility index (Phi) is 4.55. The number of piperazine rings is 1. The first kappa shape index (κ1) is 14.0. The number of nitrogens with one attached hydrogen (secondary N) is 1. The Balaban J connectivity index is 2.14. The van der Waals surface area contributed by atoms with Crippen molar-refractivity contribution in [3.8, 4) is 0 Å². The molecule has 106 valence electrons. The van der Waals surface area contributed by atoms with Crippen molar-refractivity contribution in [3.05, 3.63) is 17.5 Å². The summed E-state index contributed by atoms with van der Waals surface area (Å²) in [5, 5.41) is 16.9. The average molecular weight is 266 g/mol. The lowest BCUT2D eigenvalue weighted by Crippen LogP contribution is -2.54. The third-order valence-electron chi connectivity index (χ3n) is 3.58. The van der Waals surface area contributed by atoms with Gasteiger partial charge in [0, 0.05) is 32.7 Å². The fraction of sp³-hybridized carbons (Fsp3) is 0.692. The van der Waals surface area contributed by atoms with E-state index in [1.807, 2.05) is 9.58 Å². The number of aromatic nitrogens is 2. The third-order valence-corrected chi connectivity index (χ3v) is 3.58. The summed E-state index contributed by atoms with van der Waals surface area (Å²) in [4.78, 5) is 13.3. The van der Waals surface area contributed by atoms with Crippen LogP contribution in [-0.2, 0) is 24.3 Å². The first-order valence-electron chi connectivity index (χ1n) is 6.88. The van der Waals surface area contributed by atoms with Gasteiger partial charge in [-0.05, 0) is 19.4 Å². The minimum Gasteiger partial charge on any atom is -0.480 e. The van der Waals surface area contributed by atoms with Crippen LogP contribution in [0, 0.1) is 0 Å². The zero-order valence-corrected chi connectivity index (χ0v) is 11.6. The summed E-state index contributed by atoms with van der Waals surface area (Å²) < 4.78 is 1.97. The molecule has 19 heavy (non-hydrogen) atoms. The summed E-state index contributed by atoms with van der Waals surface area (Å²) in [6, 6.07) is 1.64. The molecule has 0 radical (unpaired) electrons. The van der Waals surface area contributed by atoms with Crippen LogP contribution in [0.4, 0.5) is 0 Å². The monoisotopic (exact) mass is 266 g/mol. The van der Waals surface area contributed by atoms with E-state index in [4.69, 9.17) is 0 Å². The molecule has 0 spiro atoms. The Morgan fingerprint density at radius 2 is 2.37 bits per heavy atom. The molecule has 2 N–H and O–H groups in total. The highest BCUT2D eigenvalue weighted by Crippen LogP contribution is 2.13. The molecule has 2 rings (SSSR count). The van der Waals surface area contributed by atoms with Gasteiger partial charge in [0.05, 0.1) is 11.4 Å². The maximum absolute atomic E-state index is 11.3. The molecule has 1 aromatic heterocycles. The van der Waals surface area contributed by atoms with Gasteiger partial charge in [-0.25, -0.2) is 0 Å². The molecule has 1 aliphatic rings. The molecule has 2 heterocycles. The van der Waals surface area contributed by atoms with Crippen LogP contribution in [0.15, 0.2) is 6.07 Å². The number of nitrogens with zero attached hydrogens (tertiary/aromatic N) is 3. The normalized spacial score (nSPS) is 20.6. The molecule has 0 amide bonds. The highest BCUT2D eigenvalue weighted by atomic mass is 16.4. The number of carboxylic acid groups (broad SMARTS) is 1. The van der Waals surface area contributed by atoms with Crippen LogP contribution in [0.2, 0.25) is 0 Å². The Hall–Kier alpha value is -1.40. The molecule has 1 aromatic rings. The molecule has 6 heteroatoms. The number of aliphatic carboxylic acids is 1. The lowest BCUT2D eigenvalue weighted by molar-refractivity contribution is -0.144. The molecule has 6 nitrogen and oxygen atoms in total. The lowest BCUT2D eigenvalue weighted by Gasteiger charge is -2.33. The largest absolute Gasteiger partial charge is 0.480 e. The predicted octanol–water partition coefficient (Wildman–Crippen LogP) is 0.324. The van der Waals surface area contributed by atoms with Crippen molar-refractivity contribution in [2.75, 3.05) is 19.6 Å². The fourth-order valence-corrected chi connectivity index (χ4v) is 2.48. The van der Waals surface area contributed by atoms with Crippen molar-refractivity contribution in [1.82, 2.24) is 20.0 Å². The zero-order valence-electron chi connectivity index (χ0n) is 11.6. The standard InChI is InChI=1S/C13H22N4O2/c1-3-10-7-11(17(4-2)15-10)9-16-6-5-14-8-12(16)13(18)19/h7,12,14H,3-6,8-9H2,1-2H3,(H,18,19). The van der Waals surface area contributed by atoms with Crippen LogP contribution in [0.1, 0.15) is 25.2 Å². The lowest BCUT2D eigenvalue weighted by atomic mass is 10.2. The summed E-state index contributed by atoms with van der Waals surface area (Å²) in [7, 11) is 0. The highest BCUT2D eigenvalue weighted by Gasteiger charge is 2.28. The Bertz CT molecular complexity index is 444. The third kappa shape index (κ3) is 3.13. The molecule has 1 fully saturated rings. The van der Waals surface area contributed by atoms with Crippen LogP contribution in [-0.4, -0.2) is 51.4 Å². The Morgan fingerprint density at radius 1 is 1.58 bits per heavy atom. The van der Waals surface area contributed by atoms with Gasteiger partial charge in [0.15, 0.2) is 0 Å². The van der Waals surface area contributed by atoms with Gasteiger partial charge in [-0.15, -0.1) is 0 Å². The summed E-state index contributed by atoms with van der Waals surface area (Å²) in [6.07, 6.45) is 0.907. The second kappa shape index (κ2) is 6.16. The number of hydrogen-bond donors (Lipinski definition) is 2. The summed E-state index contributed by atoms with van der Waals surface area (Å²) in [5.74, 6) is -0.759. The number of carboxylic acids is 1. The van der Waals surface area contributed by atoms with Crippen LogP contribution in [0.3, 0.4) is 0 Å². The van der Waals surface area contributed by atoms with Gasteiger partial charge in [-0.3, -0.25) is 14.4 Å². The van der Waals surface area contributed by atoms with Gasteiger partial charge >= 0.3 is 5.97 Å². The van der Waals surface area contributed by atoms with Crippen molar-refractivity contribution in [2.45, 2.75) is 39.4 Å². The maximum Gasteiger partial charge on any atom is 0.322 e. The van der Waals surface area contributed by atoms with Crippen LogP contribution < -0.4 is 5.32 Å². The Morgan fingerprint density at radius 3 is 3.00 bits per heavy atom. The van der Waals surface area contributed by atoms with E-state index in [-0.39, 0.29) is 0 Å². The van der Waals surface area contributed by atoms with Crippen LogP contribution in [0.5, 0.6) is 0 Å². The smallest absolute Gasteiger partial charge is 0.322 e. The molecule has 0 aliphatic carbocycles. The SMILES string of the molecule is CCc1cc(CN2CCNCC2C(=O)O)n(CC)n1. The van der Waals surface area contributed by atoms with Gasteiger partial charge < -0.3 is 10.4 Å². The van der Waals surface area contributed by atoms with E-state index in [1.54, 1.807) is 0 Å². The number of rotatable bonds is 5. The van der Waals surface area contributed by atoms with Crippen molar-refractivity contribution in [3.63, 3.8) is 0 Å². The molecule has 1 atom stereocenters. The summed E-state index contributed by atoms with van der Waals surface area (Å²) in [5.41, 5.74) is 2.17. The molecular weight excluding hydrogens is 244 g/mol. The van der Waals surface area contributed by atoms with Gasteiger partial charge in [0.2, 0.25) is 0 Å². The second-order valence-electron chi connectivity index (χ2n) is 4.82. The van der Waals surface area contributed by atoms with E-state index >= 15 is 0 Å². The predicted molar refractivity (Wildman–Crippen MR) is 72.0 cm³/mol. The summed E-state index contributed by atoms with van der Waals surface area (Å²) >= 11 is 0. The first-order chi connectivity index (χ1) is 9.15. The second-order valence-corrected chi connectivity index (χ2v) is 4.82. The zero-order chi connectivity index (χ0) is 13.8. The first-order valence-corrected chi connectivity index (χ1v) is 6.88. The van der Waals surface area contributed by atoms with Gasteiger partial charge in [-0.2, -0.15) is 5.10 Å². The quantitative estimate of drug-likeness (QED) is 0.803. The number of carbonyl (C=O) groups is 1. The van der Waals surface area contributed by atoms with Crippen molar-refractivity contribution in [1.29, 1.82) is 0 Å². The van der Waals surface area contributed by atoms with Crippen molar-refractivity contribution >= 4 is 5.97 Å². The molecule has 1 unspecified atom stereocenters.